The molecule has 0 aromatic carbocycles. The van der Waals surface area contributed by atoms with Gasteiger partial charge in [-0.25, -0.2) is 4.79 Å². The molecule has 2 unspecified atom stereocenters. The number of carboxylic acids is 1. The Morgan fingerprint density at radius 2 is 0.733 bits per heavy atom. The van der Waals surface area contributed by atoms with E-state index in [4.69, 9.17) is 18.9 Å². The van der Waals surface area contributed by atoms with Gasteiger partial charge in [0.25, 0.3) is 6.29 Å². The number of allylic oxidation sites excluding steroid dienone is 22. The second kappa shape index (κ2) is 55.7. The summed E-state index contributed by atoms with van der Waals surface area (Å²) in [6, 6.07) is 0. The highest BCUT2D eigenvalue weighted by molar-refractivity contribution is 5.71. The quantitative estimate of drug-likeness (QED) is 0.0211. The highest BCUT2D eigenvalue weighted by Gasteiger charge is 2.25. The molecule has 75 heavy (non-hydrogen) atoms. The van der Waals surface area contributed by atoms with Crippen molar-refractivity contribution in [1.82, 2.24) is 0 Å². The first-order valence-corrected chi connectivity index (χ1v) is 29.3. The lowest BCUT2D eigenvalue weighted by Crippen LogP contribution is -2.40. The summed E-state index contributed by atoms with van der Waals surface area (Å²) in [5.74, 6) is -2.10. The Bertz CT molecular complexity index is 1690. The average Bonchev–Trinajstić information content (AvgIpc) is 3.38. The molecule has 0 fully saturated rings. The Morgan fingerprint density at radius 1 is 0.400 bits per heavy atom. The molecule has 9 heteroatoms. The number of rotatable bonds is 52. The van der Waals surface area contributed by atoms with Crippen molar-refractivity contribution in [3.05, 3.63) is 134 Å². The Balaban J connectivity index is 4.24. The number of likely N-dealkylation sites (N-methyl/N-ethyl adjacent to an activating group) is 1. The van der Waals surface area contributed by atoms with Gasteiger partial charge < -0.3 is 28.5 Å². The van der Waals surface area contributed by atoms with Gasteiger partial charge in [0.15, 0.2) is 6.10 Å². The molecule has 0 amide bonds. The van der Waals surface area contributed by atoms with Crippen LogP contribution in [0, 0.1) is 0 Å². The number of nitrogens with zero attached hydrogens (tertiary/aromatic N) is 1. The monoisotopic (exact) mass is 1040 g/mol. The van der Waals surface area contributed by atoms with Crippen LogP contribution < -0.4 is 0 Å². The largest absolute Gasteiger partial charge is 0.477 e. The SMILES string of the molecule is CC/C=C\C/C=C\C/C=C\C/C=C\C/C=C\C/C=C\CCCCCCCCCCCCCCCCC(=O)OC(COC(=O)CCC/C=C\C/C=C\C/C=C\C/C=C\C/C=C\CC)COC(OCC[N+](C)(C)C)C(=O)O. The zero-order valence-electron chi connectivity index (χ0n) is 48.2. The molecule has 0 spiro atoms. The van der Waals surface area contributed by atoms with Crippen molar-refractivity contribution in [3.8, 4) is 0 Å². The summed E-state index contributed by atoms with van der Waals surface area (Å²) in [6.07, 6.45) is 76.9. The van der Waals surface area contributed by atoms with Crippen LogP contribution in [0.3, 0.4) is 0 Å². The van der Waals surface area contributed by atoms with E-state index < -0.39 is 30.3 Å². The third-order valence-corrected chi connectivity index (χ3v) is 11.9. The zero-order valence-corrected chi connectivity index (χ0v) is 48.2. The molecule has 0 bridgehead atoms. The molecule has 0 aromatic heterocycles. The van der Waals surface area contributed by atoms with Crippen molar-refractivity contribution in [2.75, 3.05) is 47.5 Å². The molecule has 0 radical (unpaired) electrons. The van der Waals surface area contributed by atoms with Gasteiger partial charge in [-0.15, -0.1) is 0 Å². The maximum absolute atomic E-state index is 12.9. The van der Waals surface area contributed by atoms with E-state index in [1.807, 2.05) is 21.1 Å². The molecular formula is C66H108NO8+. The van der Waals surface area contributed by atoms with Crippen molar-refractivity contribution in [3.63, 3.8) is 0 Å². The average molecular weight is 1040 g/mol. The first-order chi connectivity index (χ1) is 36.6. The number of carbonyl (C=O) groups is 3. The molecule has 2 atom stereocenters. The predicted octanol–water partition coefficient (Wildman–Crippen LogP) is 17.5. The smallest absolute Gasteiger partial charge is 0.361 e. The molecule has 0 aliphatic rings. The number of ether oxygens (including phenoxy) is 4. The minimum absolute atomic E-state index is 0.172. The summed E-state index contributed by atoms with van der Waals surface area (Å²) in [7, 11) is 5.94. The Hall–Kier alpha value is -4.57. The van der Waals surface area contributed by atoms with Crippen LogP contribution in [0.25, 0.3) is 0 Å². The summed E-state index contributed by atoms with van der Waals surface area (Å²) in [6.45, 7) is 4.56. The molecule has 0 aromatic rings. The summed E-state index contributed by atoms with van der Waals surface area (Å²) < 4.78 is 22.8. The molecule has 0 rings (SSSR count). The first kappa shape index (κ1) is 70.4. The minimum atomic E-state index is -1.53. The normalized spacial score (nSPS) is 13.8. The third-order valence-electron chi connectivity index (χ3n) is 11.9. The molecule has 9 nitrogen and oxygen atoms in total. The van der Waals surface area contributed by atoms with Gasteiger partial charge in [0.05, 0.1) is 34.4 Å². The molecule has 0 saturated carbocycles. The summed E-state index contributed by atoms with van der Waals surface area (Å²) >= 11 is 0. The van der Waals surface area contributed by atoms with Crippen LogP contribution in [0.15, 0.2) is 134 Å². The molecular weight excluding hydrogens is 935 g/mol. The van der Waals surface area contributed by atoms with Crippen molar-refractivity contribution >= 4 is 17.9 Å². The third kappa shape index (κ3) is 57.0. The van der Waals surface area contributed by atoms with Gasteiger partial charge >= 0.3 is 17.9 Å². The lowest BCUT2D eigenvalue weighted by atomic mass is 10.0. The van der Waals surface area contributed by atoms with Crippen LogP contribution in [-0.4, -0.2) is 87.4 Å². The lowest BCUT2D eigenvalue weighted by Gasteiger charge is -2.25. The predicted molar refractivity (Wildman–Crippen MR) is 317 cm³/mol. The minimum Gasteiger partial charge on any atom is -0.477 e. The number of aliphatic carboxylic acids is 1. The van der Waals surface area contributed by atoms with Gasteiger partial charge in [-0.3, -0.25) is 9.59 Å². The van der Waals surface area contributed by atoms with Crippen molar-refractivity contribution in [1.29, 1.82) is 0 Å². The van der Waals surface area contributed by atoms with Gasteiger partial charge in [-0.05, 0) is 103 Å². The van der Waals surface area contributed by atoms with Gasteiger partial charge in [0.2, 0.25) is 0 Å². The van der Waals surface area contributed by atoms with E-state index in [9.17, 15) is 19.5 Å². The zero-order chi connectivity index (χ0) is 54.8. The first-order valence-electron chi connectivity index (χ1n) is 29.3. The van der Waals surface area contributed by atoms with Gasteiger partial charge in [0, 0.05) is 12.8 Å². The number of unbranched alkanes of at least 4 members (excludes halogenated alkanes) is 15. The topological polar surface area (TPSA) is 108 Å². The summed E-state index contributed by atoms with van der Waals surface area (Å²) in [4.78, 5) is 37.4. The number of hydrogen-bond acceptors (Lipinski definition) is 7. The van der Waals surface area contributed by atoms with E-state index in [1.165, 1.54) is 70.6 Å². The second-order valence-corrected chi connectivity index (χ2v) is 20.2. The van der Waals surface area contributed by atoms with E-state index in [1.54, 1.807) is 0 Å². The number of carboxylic acid groups (broad SMARTS) is 1. The summed E-state index contributed by atoms with van der Waals surface area (Å²) in [5.41, 5.74) is 0. The van der Waals surface area contributed by atoms with E-state index in [2.05, 4.69) is 148 Å². The Morgan fingerprint density at radius 3 is 1.11 bits per heavy atom. The highest BCUT2D eigenvalue weighted by Crippen LogP contribution is 2.15. The van der Waals surface area contributed by atoms with E-state index >= 15 is 0 Å². The van der Waals surface area contributed by atoms with Crippen LogP contribution in [0.5, 0.6) is 0 Å². The van der Waals surface area contributed by atoms with Gasteiger partial charge in [-0.2, -0.15) is 0 Å². The number of quaternary nitrogens is 1. The number of carbonyl (C=O) groups excluding carboxylic acids is 2. The van der Waals surface area contributed by atoms with E-state index in [0.29, 0.717) is 23.9 Å². The van der Waals surface area contributed by atoms with Crippen LogP contribution >= 0.6 is 0 Å². The fourth-order valence-electron chi connectivity index (χ4n) is 7.46. The molecule has 1 N–H and O–H groups in total. The van der Waals surface area contributed by atoms with Crippen LogP contribution in [0.1, 0.15) is 206 Å². The molecule has 424 valence electrons. The molecule has 0 heterocycles. The van der Waals surface area contributed by atoms with E-state index in [0.717, 1.165) is 96.3 Å². The molecule has 0 saturated heterocycles. The number of esters is 2. The Kier molecular flexibility index (Phi) is 52.3. The fourth-order valence-corrected chi connectivity index (χ4v) is 7.46. The lowest BCUT2D eigenvalue weighted by molar-refractivity contribution is -0.870. The highest BCUT2D eigenvalue weighted by atomic mass is 16.7. The van der Waals surface area contributed by atoms with Gasteiger partial charge in [-0.1, -0.05) is 225 Å². The molecule has 0 aliphatic heterocycles. The van der Waals surface area contributed by atoms with E-state index in [-0.39, 0.29) is 32.7 Å². The summed E-state index contributed by atoms with van der Waals surface area (Å²) in [5, 5.41) is 9.70. The Labute approximate surface area is 459 Å². The van der Waals surface area contributed by atoms with Crippen molar-refractivity contribution in [2.45, 2.75) is 219 Å². The fraction of sp³-hybridized carbons (Fsp3) is 0.621. The molecule has 0 aliphatic carbocycles. The van der Waals surface area contributed by atoms with Crippen molar-refractivity contribution < 1.29 is 42.9 Å². The maximum Gasteiger partial charge on any atom is 0.361 e. The second-order valence-electron chi connectivity index (χ2n) is 20.2. The van der Waals surface area contributed by atoms with Crippen molar-refractivity contribution in [2.24, 2.45) is 0 Å². The van der Waals surface area contributed by atoms with Crippen LogP contribution in [0.2, 0.25) is 0 Å². The maximum atomic E-state index is 12.9. The standard InChI is InChI=1S/C66H107NO8/c1-6-8-10-12-14-16-18-20-22-24-25-26-27-28-29-30-31-32-33-34-35-36-37-38-39-41-43-45-47-49-51-53-55-57-64(69)75-62(61-74-66(65(70)71)72-59-58-67(3,4)5)60-73-63(68)56-54-52-50-48-46-44-42-40-23-21-19-17-15-13-11-9-7-2/h8-11,14-17,20-23,25-26,28-29,31-32,42,44,48,50,62,66H,6-7,12-13,18-19,24,27,30,33-41,43,45-47,49,51-61H2,1-5H3/p+1/b10-8-,11-9-,16-14-,17-15-,22-20-,23-21-,26-25-,29-28-,32-31-,44-42-,50-48-. The van der Waals surface area contributed by atoms with Crippen LogP contribution in [0.4, 0.5) is 0 Å². The van der Waals surface area contributed by atoms with Gasteiger partial charge in [0.1, 0.15) is 13.2 Å². The van der Waals surface area contributed by atoms with Crippen LogP contribution in [-0.2, 0) is 33.3 Å². The number of hydrogen-bond donors (Lipinski definition) is 1.